The molecule has 0 bridgehead atoms. The van der Waals surface area contributed by atoms with E-state index in [1.165, 1.54) is 13.8 Å². The summed E-state index contributed by atoms with van der Waals surface area (Å²) in [7, 11) is 0. The average Bonchev–Trinajstić information content (AvgIpc) is 2.24. The van der Waals surface area contributed by atoms with E-state index in [1.54, 1.807) is 0 Å². The van der Waals surface area contributed by atoms with E-state index in [9.17, 15) is 18.9 Å². The van der Waals surface area contributed by atoms with Crippen LogP contribution in [0.5, 0.6) is 0 Å². The van der Waals surface area contributed by atoms with Gasteiger partial charge in [0.15, 0.2) is 11.6 Å². The van der Waals surface area contributed by atoms with Crippen molar-refractivity contribution in [2.24, 2.45) is 0 Å². The lowest BCUT2D eigenvalue weighted by Gasteiger charge is -2.19. The van der Waals surface area contributed by atoms with E-state index in [1.807, 2.05) is 0 Å². The molecule has 17 heavy (non-hydrogen) atoms. The molecule has 0 amide bonds. The van der Waals surface area contributed by atoms with Gasteiger partial charge in [0.05, 0.1) is 9.00 Å². The van der Waals surface area contributed by atoms with Gasteiger partial charge in [0.25, 0.3) is 5.69 Å². The molecule has 94 valence electrons. The van der Waals surface area contributed by atoms with Crippen molar-refractivity contribution in [3.05, 3.63) is 33.9 Å². The zero-order valence-corrected chi connectivity index (χ0v) is 10.6. The molecule has 1 N–H and O–H groups in total. The molecule has 0 atom stereocenters. The predicted molar refractivity (Wildman–Crippen MR) is 63.2 cm³/mol. The Bertz CT molecular complexity index is 454. The molecule has 0 aliphatic heterocycles. The topological polar surface area (TPSA) is 63.4 Å². The Morgan fingerprint density at radius 2 is 2.00 bits per heavy atom. The van der Waals surface area contributed by atoms with Gasteiger partial charge < -0.3 is 4.55 Å². The third-order valence-corrected chi connectivity index (χ3v) is 3.79. The van der Waals surface area contributed by atoms with Crippen molar-refractivity contribution >= 4 is 29.5 Å². The first-order valence-electron chi connectivity index (χ1n) is 4.42. The molecular formula is C9H9F2NO3S2. The van der Waals surface area contributed by atoms with Crippen molar-refractivity contribution in [2.45, 2.75) is 22.8 Å². The third-order valence-electron chi connectivity index (χ3n) is 1.79. The number of nitrogens with zero attached hydrogens (tertiary/aromatic N) is 1. The minimum absolute atomic E-state index is 0.408. The van der Waals surface area contributed by atoms with Gasteiger partial charge >= 0.3 is 0 Å². The number of thioether (sulfide) groups is 1. The zero-order chi connectivity index (χ0) is 13.2. The van der Waals surface area contributed by atoms with Crippen molar-refractivity contribution in [3.8, 4) is 0 Å². The van der Waals surface area contributed by atoms with Crippen LogP contribution in [0.2, 0.25) is 0 Å². The fraction of sp³-hybridized carbons (Fsp3) is 0.333. The first-order valence-corrected chi connectivity index (χ1v) is 6.01. The van der Waals surface area contributed by atoms with E-state index in [2.05, 4.69) is 0 Å². The largest absolute Gasteiger partial charge is 0.329 e. The van der Waals surface area contributed by atoms with Crippen molar-refractivity contribution in [3.63, 3.8) is 0 Å². The van der Waals surface area contributed by atoms with Gasteiger partial charge in [0.2, 0.25) is 0 Å². The highest BCUT2D eigenvalue weighted by Crippen LogP contribution is 2.44. The minimum Gasteiger partial charge on any atom is -0.329 e. The first-order chi connectivity index (χ1) is 7.78. The minimum atomic E-state index is -1.27. The van der Waals surface area contributed by atoms with Gasteiger partial charge in [-0.1, -0.05) is 11.8 Å². The summed E-state index contributed by atoms with van der Waals surface area (Å²) in [5.74, 6) is -2.43. The number of hydrogen-bond acceptors (Lipinski definition) is 5. The van der Waals surface area contributed by atoms with Crippen LogP contribution in [0, 0.1) is 21.7 Å². The normalized spacial score (nSPS) is 11.6. The van der Waals surface area contributed by atoms with Crippen LogP contribution in [-0.2, 0) is 0 Å². The molecule has 0 radical (unpaired) electrons. The fourth-order valence-corrected chi connectivity index (χ4v) is 2.35. The maximum atomic E-state index is 13.5. The van der Waals surface area contributed by atoms with E-state index in [0.717, 1.165) is 6.07 Å². The quantitative estimate of drug-likeness (QED) is 0.298. The first kappa shape index (κ1) is 14.2. The zero-order valence-electron chi connectivity index (χ0n) is 8.94. The summed E-state index contributed by atoms with van der Waals surface area (Å²) >= 11 is 1.11. The smallest absolute Gasteiger partial charge is 0.286 e. The number of nitro benzene ring substituents is 1. The van der Waals surface area contributed by atoms with Crippen LogP contribution in [0.25, 0.3) is 0 Å². The van der Waals surface area contributed by atoms with E-state index in [-0.39, 0.29) is 0 Å². The number of hydrogen-bond donors (Lipinski definition) is 1. The molecule has 8 heteroatoms. The molecule has 0 unspecified atom stereocenters. The summed E-state index contributed by atoms with van der Waals surface area (Å²) in [6.07, 6.45) is 0. The summed E-state index contributed by atoms with van der Waals surface area (Å²) in [5, 5.41) is 10.7. The molecule has 0 aliphatic rings. The second-order valence-corrected chi connectivity index (χ2v) is 6.65. The lowest BCUT2D eigenvalue weighted by atomic mass is 10.3. The molecule has 1 aromatic carbocycles. The molecule has 0 saturated heterocycles. The van der Waals surface area contributed by atoms with Gasteiger partial charge in [-0.3, -0.25) is 10.1 Å². The lowest BCUT2D eigenvalue weighted by Crippen LogP contribution is -2.09. The number of rotatable bonds is 4. The molecule has 0 aliphatic carbocycles. The predicted octanol–water partition coefficient (Wildman–Crippen LogP) is 3.91. The third kappa shape index (κ3) is 3.30. The molecule has 0 spiro atoms. The van der Waals surface area contributed by atoms with Crippen LogP contribution >= 0.6 is 23.8 Å². The molecule has 0 aromatic heterocycles. The molecule has 1 aromatic rings. The molecular weight excluding hydrogens is 272 g/mol. The van der Waals surface area contributed by atoms with Crippen molar-refractivity contribution in [1.82, 2.24) is 0 Å². The summed E-state index contributed by atoms with van der Waals surface area (Å²) < 4.78 is 34.6. The monoisotopic (exact) mass is 281 g/mol. The second kappa shape index (κ2) is 5.19. The van der Waals surface area contributed by atoms with E-state index >= 15 is 0 Å². The Morgan fingerprint density at radius 1 is 1.41 bits per heavy atom. The average molecular weight is 281 g/mol. The summed E-state index contributed by atoms with van der Waals surface area (Å²) in [6, 6.07) is 1.61. The molecule has 1 rings (SSSR count). The highest BCUT2D eigenvalue weighted by Gasteiger charge is 2.29. The van der Waals surface area contributed by atoms with Crippen LogP contribution in [-0.4, -0.2) is 13.6 Å². The summed E-state index contributed by atoms with van der Waals surface area (Å²) in [6.45, 7) is 3.08. The van der Waals surface area contributed by atoms with Crippen molar-refractivity contribution in [1.29, 1.82) is 0 Å². The Hall–Kier alpha value is -0.860. The second-order valence-electron chi connectivity index (χ2n) is 3.56. The van der Waals surface area contributed by atoms with Crippen molar-refractivity contribution in [2.75, 3.05) is 0 Å². The Morgan fingerprint density at radius 3 is 2.47 bits per heavy atom. The standard InChI is InChI=1S/C9H9F2NO3S2/c1-9(2,17-15)16-8-6(12(13)14)4-3-5(10)7(8)11/h3-4,15H,1-2H3. The fourth-order valence-electron chi connectivity index (χ4n) is 1.03. The van der Waals surface area contributed by atoms with Gasteiger partial charge in [-0.15, -0.1) is 0 Å². The van der Waals surface area contributed by atoms with Crippen LogP contribution in [0.3, 0.4) is 0 Å². The molecule has 0 fully saturated rings. The van der Waals surface area contributed by atoms with Gasteiger partial charge in [0, 0.05) is 18.1 Å². The Balaban J connectivity index is 3.29. The van der Waals surface area contributed by atoms with Crippen LogP contribution in [0.4, 0.5) is 14.5 Å². The summed E-state index contributed by atoms with van der Waals surface area (Å²) in [5.41, 5.74) is -0.518. The number of benzene rings is 1. The highest BCUT2D eigenvalue weighted by atomic mass is 32.2. The van der Waals surface area contributed by atoms with Gasteiger partial charge in [-0.25, -0.2) is 8.78 Å². The Labute approximate surface area is 105 Å². The highest BCUT2D eigenvalue weighted by molar-refractivity contribution is 8.15. The SMILES string of the molecule is CC(C)(SO)Sc1c([N+](=O)[O-])ccc(F)c1F. The van der Waals surface area contributed by atoms with Gasteiger partial charge in [-0.05, 0) is 19.9 Å². The van der Waals surface area contributed by atoms with E-state index in [0.29, 0.717) is 29.9 Å². The maximum Gasteiger partial charge on any atom is 0.286 e. The van der Waals surface area contributed by atoms with E-state index in [4.69, 9.17) is 4.55 Å². The van der Waals surface area contributed by atoms with Crippen LogP contribution in [0.15, 0.2) is 17.0 Å². The molecule has 0 heterocycles. The van der Waals surface area contributed by atoms with Crippen LogP contribution in [0.1, 0.15) is 13.8 Å². The molecule has 4 nitrogen and oxygen atoms in total. The van der Waals surface area contributed by atoms with Gasteiger partial charge in [-0.2, -0.15) is 0 Å². The number of halogens is 2. The molecule has 0 saturated carbocycles. The summed E-state index contributed by atoms with van der Waals surface area (Å²) in [4.78, 5) is 9.49. The maximum absolute atomic E-state index is 13.5. The van der Waals surface area contributed by atoms with Crippen molar-refractivity contribution < 1.29 is 18.3 Å². The van der Waals surface area contributed by atoms with Gasteiger partial charge in [0.1, 0.15) is 4.90 Å². The van der Waals surface area contributed by atoms with E-state index < -0.39 is 31.2 Å². The van der Waals surface area contributed by atoms with Crippen LogP contribution < -0.4 is 0 Å². The Kier molecular flexibility index (Phi) is 4.34. The lowest BCUT2D eigenvalue weighted by molar-refractivity contribution is -0.388. The number of nitro groups is 1.